The number of carbonyl (C=O) groups is 2. The molecular formula is C27H45N5O5. The number of amides is 2. The Morgan fingerprint density at radius 1 is 1.08 bits per heavy atom. The van der Waals surface area contributed by atoms with Gasteiger partial charge in [-0.1, -0.05) is 6.92 Å². The minimum Gasteiger partial charge on any atom is -0.469 e. The molecule has 0 aromatic carbocycles. The summed E-state index contributed by atoms with van der Waals surface area (Å²) >= 11 is 0. The highest BCUT2D eigenvalue weighted by molar-refractivity contribution is 5.88. The largest absolute Gasteiger partial charge is 0.469 e. The lowest BCUT2D eigenvalue weighted by Crippen LogP contribution is -2.49. The van der Waals surface area contributed by atoms with Crippen LogP contribution in [0.4, 0.5) is 10.6 Å². The molecule has 1 aliphatic heterocycles. The highest BCUT2D eigenvalue weighted by Crippen LogP contribution is 2.31. The second kappa shape index (κ2) is 15.2. The average Bonchev–Trinajstić information content (AvgIpc) is 3.12. The number of carbonyl (C=O) groups excluding carboxylic acids is 2. The third-order valence-electron chi connectivity index (χ3n) is 7.50. The summed E-state index contributed by atoms with van der Waals surface area (Å²) in [5, 5.41) is 3.01. The van der Waals surface area contributed by atoms with Crippen LogP contribution in [0.15, 0.2) is 6.20 Å². The van der Waals surface area contributed by atoms with Gasteiger partial charge in [-0.15, -0.1) is 0 Å². The fourth-order valence-corrected chi connectivity index (χ4v) is 5.31. The first kappa shape index (κ1) is 29.3. The number of hydrogen-bond donors (Lipinski definition) is 1. The third kappa shape index (κ3) is 8.90. The molecule has 10 heteroatoms. The van der Waals surface area contributed by atoms with E-state index >= 15 is 0 Å². The number of methoxy groups -OCH3 is 1. The topological polar surface area (TPSA) is 106 Å². The fourth-order valence-electron chi connectivity index (χ4n) is 5.31. The molecule has 2 amide bonds. The van der Waals surface area contributed by atoms with Gasteiger partial charge in [-0.25, -0.2) is 9.78 Å². The van der Waals surface area contributed by atoms with Crippen molar-refractivity contribution < 1.29 is 23.8 Å². The predicted octanol–water partition coefficient (Wildman–Crippen LogP) is 3.64. The van der Waals surface area contributed by atoms with Crippen molar-refractivity contribution >= 4 is 17.8 Å². The third-order valence-corrected chi connectivity index (χ3v) is 7.50. The van der Waals surface area contributed by atoms with Crippen molar-refractivity contribution in [2.45, 2.75) is 84.5 Å². The molecule has 2 aliphatic rings. The number of fused-ring (bicyclic) bond motifs is 1. The summed E-state index contributed by atoms with van der Waals surface area (Å²) in [6.07, 6.45) is 7.82. The van der Waals surface area contributed by atoms with Crippen LogP contribution in [0.5, 0.6) is 0 Å². The maximum Gasteiger partial charge on any atom is 0.323 e. The van der Waals surface area contributed by atoms with E-state index in [0.717, 1.165) is 76.0 Å². The lowest BCUT2D eigenvalue weighted by atomic mass is 9.83. The molecule has 1 fully saturated rings. The molecule has 1 aliphatic carbocycles. The first-order chi connectivity index (χ1) is 18.0. The Morgan fingerprint density at radius 2 is 1.76 bits per heavy atom. The Bertz CT molecular complexity index is 856. The second-order valence-corrected chi connectivity index (χ2v) is 9.80. The van der Waals surface area contributed by atoms with E-state index in [-0.39, 0.29) is 18.0 Å². The van der Waals surface area contributed by atoms with Crippen LogP contribution in [0.1, 0.15) is 70.7 Å². The SMILES string of the molecule is CCOC(CN(C(=O)Nc1cnc2c(n1)CCN(CC)CC2)[C@H]1CC[C@H](CCC(=O)OC)CC1)OCC. The van der Waals surface area contributed by atoms with Crippen molar-refractivity contribution in [1.82, 2.24) is 19.8 Å². The molecule has 208 valence electrons. The van der Waals surface area contributed by atoms with Crippen LogP contribution in [-0.2, 0) is 31.8 Å². The van der Waals surface area contributed by atoms with E-state index in [4.69, 9.17) is 19.2 Å². The first-order valence-corrected chi connectivity index (χ1v) is 13.9. The van der Waals surface area contributed by atoms with Crippen molar-refractivity contribution in [2.24, 2.45) is 5.92 Å². The van der Waals surface area contributed by atoms with Crippen molar-refractivity contribution in [3.8, 4) is 0 Å². The Morgan fingerprint density at radius 3 is 2.38 bits per heavy atom. The van der Waals surface area contributed by atoms with E-state index in [1.165, 1.54) is 7.11 Å². The molecule has 0 bridgehead atoms. The molecule has 10 nitrogen and oxygen atoms in total. The van der Waals surface area contributed by atoms with E-state index in [9.17, 15) is 9.59 Å². The molecule has 0 unspecified atom stereocenters. The van der Waals surface area contributed by atoms with Gasteiger partial charge < -0.3 is 24.0 Å². The zero-order chi connectivity index (χ0) is 26.6. The van der Waals surface area contributed by atoms with Gasteiger partial charge in [-0.2, -0.15) is 0 Å². The predicted molar refractivity (Wildman–Crippen MR) is 141 cm³/mol. The van der Waals surface area contributed by atoms with Gasteiger partial charge >= 0.3 is 12.0 Å². The maximum absolute atomic E-state index is 13.6. The Hall–Kier alpha value is -2.30. The fraction of sp³-hybridized carbons (Fsp3) is 0.778. The summed E-state index contributed by atoms with van der Waals surface area (Å²) in [5.74, 6) is 0.784. The molecule has 0 spiro atoms. The zero-order valence-corrected chi connectivity index (χ0v) is 23.0. The maximum atomic E-state index is 13.6. The number of anilines is 1. The lowest BCUT2D eigenvalue weighted by Gasteiger charge is -2.38. The van der Waals surface area contributed by atoms with Gasteiger partial charge in [0.15, 0.2) is 12.1 Å². The van der Waals surface area contributed by atoms with Crippen molar-refractivity contribution in [2.75, 3.05) is 51.8 Å². The smallest absolute Gasteiger partial charge is 0.323 e. The van der Waals surface area contributed by atoms with Crippen LogP contribution in [-0.4, -0.2) is 90.6 Å². The Balaban J connectivity index is 1.68. The molecule has 37 heavy (non-hydrogen) atoms. The van der Waals surface area contributed by atoms with Crippen molar-refractivity contribution in [3.63, 3.8) is 0 Å². The minimum absolute atomic E-state index is 0.0599. The summed E-state index contributed by atoms with van der Waals surface area (Å²) in [6.45, 7) is 10.3. The average molecular weight is 520 g/mol. The summed E-state index contributed by atoms with van der Waals surface area (Å²) in [5.41, 5.74) is 1.98. The number of aromatic nitrogens is 2. The number of hydrogen-bond acceptors (Lipinski definition) is 8. The Kier molecular flexibility index (Phi) is 12.0. The number of rotatable bonds is 12. The quantitative estimate of drug-likeness (QED) is 0.330. The number of ether oxygens (including phenoxy) is 3. The number of esters is 1. The lowest BCUT2D eigenvalue weighted by molar-refractivity contribution is -0.146. The van der Waals surface area contributed by atoms with Gasteiger partial charge in [0.1, 0.15) is 0 Å². The van der Waals surface area contributed by atoms with Crippen LogP contribution in [0.2, 0.25) is 0 Å². The highest BCUT2D eigenvalue weighted by Gasteiger charge is 2.31. The monoisotopic (exact) mass is 519 g/mol. The summed E-state index contributed by atoms with van der Waals surface area (Å²) in [7, 11) is 1.43. The van der Waals surface area contributed by atoms with Crippen molar-refractivity contribution in [1.29, 1.82) is 0 Å². The molecule has 1 aromatic rings. The molecule has 3 rings (SSSR count). The highest BCUT2D eigenvalue weighted by atomic mass is 16.7. The molecule has 0 radical (unpaired) electrons. The zero-order valence-electron chi connectivity index (χ0n) is 23.0. The second-order valence-electron chi connectivity index (χ2n) is 9.80. The van der Waals surface area contributed by atoms with Crippen LogP contribution in [0.3, 0.4) is 0 Å². The first-order valence-electron chi connectivity index (χ1n) is 13.9. The minimum atomic E-state index is -0.490. The van der Waals surface area contributed by atoms with Gasteiger partial charge in [-0.3, -0.25) is 15.1 Å². The molecule has 0 saturated heterocycles. The standard InChI is InChI=1S/C27H45N5O5/c1-5-31-16-14-22-23(15-17-31)29-24(18-28-22)30-27(34)32(19-26(36-6-2)37-7-3)21-11-8-20(9-12-21)10-13-25(33)35-4/h18,20-21,26H,5-17,19H2,1-4H3,(H,29,30,34)/t20-,21-. The van der Waals surface area contributed by atoms with Gasteiger partial charge in [-0.05, 0) is 58.4 Å². The molecule has 0 atom stereocenters. The van der Waals surface area contributed by atoms with E-state index in [0.29, 0.717) is 37.9 Å². The number of likely N-dealkylation sites (N-methyl/N-ethyl adjacent to an activating group) is 1. The number of urea groups is 1. The van der Waals surface area contributed by atoms with E-state index < -0.39 is 6.29 Å². The van der Waals surface area contributed by atoms with Gasteiger partial charge in [0.2, 0.25) is 0 Å². The molecular weight excluding hydrogens is 474 g/mol. The van der Waals surface area contributed by atoms with Crippen LogP contribution in [0, 0.1) is 5.92 Å². The molecule has 1 saturated carbocycles. The molecule has 1 aromatic heterocycles. The van der Waals surface area contributed by atoms with E-state index in [1.807, 2.05) is 18.7 Å². The number of nitrogens with one attached hydrogen (secondary N) is 1. The van der Waals surface area contributed by atoms with Crippen LogP contribution < -0.4 is 5.32 Å². The molecule has 1 N–H and O–H groups in total. The van der Waals surface area contributed by atoms with Gasteiger partial charge in [0.25, 0.3) is 0 Å². The van der Waals surface area contributed by atoms with Gasteiger partial charge in [0, 0.05) is 51.6 Å². The van der Waals surface area contributed by atoms with E-state index in [2.05, 4.69) is 22.1 Å². The van der Waals surface area contributed by atoms with Crippen LogP contribution in [0.25, 0.3) is 0 Å². The summed E-state index contributed by atoms with van der Waals surface area (Å²) in [6, 6.07) is -0.148. The Labute approximate surface area is 221 Å². The van der Waals surface area contributed by atoms with Gasteiger partial charge in [0.05, 0.1) is 31.2 Å². The van der Waals surface area contributed by atoms with E-state index in [1.54, 1.807) is 6.20 Å². The van der Waals surface area contributed by atoms with Crippen molar-refractivity contribution in [3.05, 3.63) is 17.6 Å². The van der Waals surface area contributed by atoms with Crippen LogP contribution >= 0.6 is 0 Å². The summed E-state index contributed by atoms with van der Waals surface area (Å²) < 4.78 is 16.4. The summed E-state index contributed by atoms with van der Waals surface area (Å²) in [4.78, 5) is 38.8. The molecule has 2 heterocycles. The normalized spacial score (nSPS) is 20.2. The number of nitrogens with zero attached hydrogens (tertiary/aromatic N) is 4.